The van der Waals surface area contributed by atoms with Crippen LogP contribution in [0.25, 0.3) is 0 Å². The standard InChI is InChI=1S/C12H13ClN4OS/c1-9(13)8-19-12-14-15-16-17(12)7-10-3-5-11(18-2)6-4-10/h3-6H,1,7-8H2,2H3. The molecule has 0 atom stereocenters. The van der Waals surface area contributed by atoms with Crippen LogP contribution in [-0.4, -0.2) is 33.1 Å². The molecule has 0 amide bonds. The Hall–Kier alpha value is -1.53. The number of tetrazole rings is 1. The molecule has 100 valence electrons. The zero-order valence-corrected chi connectivity index (χ0v) is 12.0. The van der Waals surface area contributed by atoms with E-state index in [-0.39, 0.29) is 0 Å². The number of hydrogen-bond acceptors (Lipinski definition) is 5. The molecule has 5 nitrogen and oxygen atoms in total. The van der Waals surface area contributed by atoms with Gasteiger partial charge in [0.05, 0.1) is 13.7 Å². The van der Waals surface area contributed by atoms with Crippen LogP contribution in [-0.2, 0) is 6.54 Å². The smallest absolute Gasteiger partial charge is 0.209 e. The molecule has 1 aromatic heterocycles. The summed E-state index contributed by atoms with van der Waals surface area (Å²) in [7, 11) is 1.64. The van der Waals surface area contributed by atoms with Crippen molar-refractivity contribution in [3.05, 3.63) is 41.4 Å². The first-order valence-electron chi connectivity index (χ1n) is 5.54. The fourth-order valence-electron chi connectivity index (χ4n) is 1.45. The summed E-state index contributed by atoms with van der Waals surface area (Å²) in [6, 6.07) is 7.78. The van der Waals surface area contributed by atoms with Crippen LogP contribution in [0.15, 0.2) is 41.0 Å². The van der Waals surface area contributed by atoms with Gasteiger partial charge >= 0.3 is 0 Å². The third kappa shape index (κ3) is 3.97. The third-order valence-electron chi connectivity index (χ3n) is 2.35. The lowest BCUT2D eigenvalue weighted by Crippen LogP contribution is -2.04. The van der Waals surface area contributed by atoms with Gasteiger partial charge in [-0.05, 0) is 28.1 Å². The van der Waals surface area contributed by atoms with E-state index in [2.05, 4.69) is 22.1 Å². The van der Waals surface area contributed by atoms with Crippen molar-refractivity contribution >= 4 is 23.4 Å². The lowest BCUT2D eigenvalue weighted by Gasteiger charge is -2.05. The van der Waals surface area contributed by atoms with Crippen molar-refractivity contribution < 1.29 is 4.74 Å². The molecule has 19 heavy (non-hydrogen) atoms. The summed E-state index contributed by atoms with van der Waals surface area (Å²) in [5.41, 5.74) is 1.10. The molecule has 2 aromatic rings. The topological polar surface area (TPSA) is 52.8 Å². The van der Waals surface area contributed by atoms with Gasteiger partial charge in [0.25, 0.3) is 0 Å². The Morgan fingerprint density at radius 1 is 1.42 bits per heavy atom. The summed E-state index contributed by atoms with van der Waals surface area (Å²) < 4.78 is 6.85. The Bertz CT molecular complexity index is 555. The normalized spacial score (nSPS) is 10.4. The van der Waals surface area contributed by atoms with E-state index in [0.717, 1.165) is 16.5 Å². The highest BCUT2D eigenvalue weighted by Gasteiger charge is 2.07. The van der Waals surface area contributed by atoms with Crippen molar-refractivity contribution in [3.8, 4) is 5.75 Å². The van der Waals surface area contributed by atoms with Gasteiger partial charge in [-0.15, -0.1) is 5.10 Å². The van der Waals surface area contributed by atoms with E-state index in [0.29, 0.717) is 17.3 Å². The maximum atomic E-state index is 5.73. The van der Waals surface area contributed by atoms with E-state index in [9.17, 15) is 0 Å². The zero-order chi connectivity index (χ0) is 13.7. The molecule has 0 saturated carbocycles. The molecule has 0 aliphatic heterocycles. The van der Waals surface area contributed by atoms with Crippen LogP contribution in [0, 0.1) is 0 Å². The molecule has 2 rings (SSSR count). The van der Waals surface area contributed by atoms with Crippen LogP contribution in [0.1, 0.15) is 5.56 Å². The summed E-state index contributed by atoms with van der Waals surface area (Å²) in [6.07, 6.45) is 0. The van der Waals surface area contributed by atoms with E-state index < -0.39 is 0 Å². The second kappa shape index (κ2) is 6.58. The van der Waals surface area contributed by atoms with Gasteiger partial charge in [0.2, 0.25) is 5.16 Å². The average Bonchev–Trinajstić information content (AvgIpc) is 2.84. The van der Waals surface area contributed by atoms with Crippen molar-refractivity contribution in [2.24, 2.45) is 0 Å². The zero-order valence-electron chi connectivity index (χ0n) is 10.4. The fraction of sp³-hybridized carbons (Fsp3) is 0.250. The molecule has 0 bridgehead atoms. The second-order valence-electron chi connectivity index (χ2n) is 3.77. The van der Waals surface area contributed by atoms with Crippen LogP contribution in [0.2, 0.25) is 0 Å². The second-order valence-corrected chi connectivity index (χ2v) is 5.25. The molecule has 7 heteroatoms. The largest absolute Gasteiger partial charge is 0.497 e. The molecule has 1 heterocycles. The van der Waals surface area contributed by atoms with Crippen LogP contribution >= 0.6 is 23.4 Å². The molecule has 1 aromatic carbocycles. The maximum absolute atomic E-state index is 5.73. The first kappa shape index (κ1) is 13.9. The molecule has 0 saturated heterocycles. The highest BCUT2D eigenvalue weighted by atomic mass is 35.5. The Balaban J connectivity index is 2.05. The number of aromatic nitrogens is 4. The van der Waals surface area contributed by atoms with E-state index in [4.69, 9.17) is 16.3 Å². The number of rotatable bonds is 6. The predicted octanol–water partition coefficient (Wildman–Crippen LogP) is 2.57. The van der Waals surface area contributed by atoms with Gasteiger partial charge < -0.3 is 4.74 Å². The molecule has 0 fully saturated rings. The fourth-order valence-corrected chi connectivity index (χ4v) is 2.24. The molecular formula is C12H13ClN4OS. The minimum atomic E-state index is 0.573. The number of hydrogen-bond donors (Lipinski definition) is 0. The van der Waals surface area contributed by atoms with Crippen LogP contribution in [0.5, 0.6) is 5.75 Å². The molecule has 0 spiro atoms. The summed E-state index contributed by atoms with van der Waals surface area (Å²) in [5.74, 6) is 1.42. The van der Waals surface area contributed by atoms with Gasteiger partial charge in [-0.1, -0.05) is 42.1 Å². The number of methoxy groups -OCH3 is 1. The minimum Gasteiger partial charge on any atom is -0.497 e. The number of ether oxygens (including phenoxy) is 1. The minimum absolute atomic E-state index is 0.573. The number of benzene rings is 1. The van der Waals surface area contributed by atoms with E-state index >= 15 is 0 Å². The average molecular weight is 297 g/mol. The Kier molecular flexibility index (Phi) is 4.81. The van der Waals surface area contributed by atoms with Crippen LogP contribution < -0.4 is 4.74 Å². The maximum Gasteiger partial charge on any atom is 0.209 e. The van der Waals surface area contributed by atoms with Gasteiger partial charge in [0, 0.05) is 10.8 Å². The van der Waals surface area contributed by atoms with Crippen molar-refractivity contribution in [3.63, 3.8) is 0 Å². The summed E-state index contributed by atoms with van der Waals surface area (Å²) in [4.78, 5) is 0. The first-order chi connectivity index (χ1) is 9.19. The van der Waals surface area contributed by atoms with Gasteiger partial charge in [-0.25, -0.2) is 4.68 Å². The van der Waals surface area contributed by atoms with Crippen molar-refractivity contribution in [1.82, 2.24) is 20.2 Å². The molecule has 0 unspecified atom stereocenters. The van der Waals surface area contributed by atoms with Gasteiger partial charge in [0.1, 0.15) is 5.75 Å². The monoisotopic (exact) mass is 296 g/mol. The quantitative estimate of drug-likeness (QED) is 0.767. The van der Waals surface area contributed by atoms with Crippen molar-refractivity contribution in [1.29, 1.82) is 0 Å². The van der Waals surface area contributed by atoms with Gasteiger partial charge in [-0.2, -0.15) is 0 Å². The third-order valence-corrected chi connectivity index (χ3v) is 3.68. The van der Waals surface area contributed by atoms with Gasteiger partial charge in [0.15, 0.2) is 0 Å². The SMILES string of the molecule is C=C(Cl)CSc1nnnn1Cc1ccc(OC)cc1. The molecule has 0 radical (unpaired) electrons. The Morgan fingerprint density at radius 2 is 2.16 bits per heavy atom. The van der Waals surface area contributed by atoms with Crippen molar-refractivity contribution in [2.45, 2.75) is 11.7 Å². The Labute approximate surface area is 120 Å². The molecule has 0 N–H and O–H groups in total. The van der Waals surface area contributed by atoms with E-state index in [1.54, 1.807) is 11.8 Å². The summed E-state index contributed by atoms with van der Waals surface area (Å²) in [6.45, 7) is 4.25. The Morgan fingerprint density at radius 3 is 2.79 bits per heavy atom. The molecule has 0 aliphatic rings. The number of nitrogens with zero attached hydrogens (tertiary/aromatic N) is 4. The van der Waals surface area contributed by atoms with E-state index in [1.165, 1.54) is 11.8 Å². The predicted molar refractivity (Wildman–Crippen MR) is 75.6 cm³/mol. The highest BCUT2D eigenvalue weighted by molar-refractivity contribution is 7.99. The summed E-state index contributed by atoms with van der Waals surface area (Å²) in [5, 5.41) is 12.9. The van der Waals surface area contributed by atoms with Crippen LogP contribution in [0.3, 0.4) is 0 Å². The first-order valence-corrected chi connectivity index (χ1v) is 6.90. The summed E-state index contributed by atoms with van der Waals surface area (Å²) >= 11 is 7.19. The lowest BCUT2D eigenvalue weighted by molar-refractivity contribution is 0.414. The van der Waals surface area contributed by atoms with Gasteiger partial charge in [-0.3, -0.25) is 0 Å². The highest BCUT2D eigenvalue weighted by Crippen LogP contribution is 2.19. The lowest BCUT2D eigenvalue weighted by atomic mass is 10.2. The van der Waals surface area contributed by atoms with E-state index in [1.807, 2.05) is 24.3 Å². The van der Waals surface area contributed by atoms with Crippen molar-refractivity contribution in [2.75, 3.05) is 12.9 Å². The number of halogens is 1. The number of thioether (sulfide) groups is 1. The molecule has 0 aliphatic carbocycles. The molecular weight excluding hydrogens is 284 g/mol. The van der Waals surface area contributed by atoms with Crippen LogP contribution in [0.4, 0.5) is 0 Å².